The molecule has 2 N–H and O–H groups in total. The van der Waals surface area contributed by atoms with Crippen LogP contribution in [0.15, 0.2) is 30.5 Å². The van der Waals surface area contributed by atoms with Gasteiger partial charge in [0.1, 0.15) is 24.0 Å². The van der Waals surface area contributed by atoms with Crippen molar-refractivity contribution in [2.24, 2.45) is 5.92 Å². The van der Waals surface area contributed by atoms with Crippen LogP contribution in [-0.4, -0.2) is 42.2 Å². The summed E-state index contributed by atoms with van der Waals surface area (Å²) in [5, 5.41) is 7.07. The Labute approximate surface area is 190 Å². The van der Waals surface area contributed by atoms with Gasteiger partial charge in [0, 0.05) is 56.1 Å². The first-order valence-corrected chi connectivity index (χ1v) is 15.0. The molecule has 0 atom stereocenters. The summed E-state index contributed by atoms with van der Waals surface area (Å²) in [6, 6.07) is 9.09. The van der Waals surface area contributed by atoms with Crippen LogP contribution in [-0.2, 0) is 16.3 Å². The number of amides is 1. The van der Waals surface area contributed by atoms with Gasteiger partial charge in [-0.05, 0) is 50.1 Å². The van der Waals surface area contributed by atoms with Gasteiger partial charge in [0.25, 0.3) is 0 Å². The van der Waals surface area contributed by atoms with Crippen LogP contribution >= 0.6 is 0 Å². The topological polar surface area (TPSA) is 81.1 Å². The number of ether oxygens (including phenoxy) is 1. The zero-order valence-electron chi connectivity index (χ0n) is 19.7. The van der Waals surface area contributed by atoms with E-state index in [4.69, 9.17) is 9.72 Å². The lowest BCUT2D eigenvalue weighted by Crippen LogP contribution is -2.22. The van der Waals surface area contributed by atoms with Crippen molar-refractivity contribution in [2.45, 2.75) is 52.2 Å². The van der Waals surface area contributed by atoms with Crippen LogP contribution in [0.1, 0.15) is 18.5 Å². The van der Waals surface area contributed by atoms with Gasteiger partial charge in [-0.1, -0.05) is 19.6 Å². The van der Waals surface area contributed by atoms with E-state index in [9.17, 15) is 4.79 Å². The van der Waals surface area contributed by atoms with Gasteiger partial charge in [-0.2, -0.15) is 0 Å². The first-order chi connectivity index (χ1) is 15.2. The highest BCUT2D eigenvalue weighted by Crippen LogP contribution is 2.34. The maximum atomic E-state index is 12.2. The highest BCUT2D eigenvalue weighted by atomic mass is 28.3. The van der Waals surface area contributed by atoms with E-state index in [2.05, 4.69) is 47.5 Å². The van der Waals surface area contributed by atoms with Gasteiger partial charge in [-0.25, -0.2) is 9.97 Å². The largest absolute Gasteiger partial charge is 0.373 e. The minimum absolute atomic E-state index is 0.0595. The van der Waals surface area contributed by atoms with Gasteiger partial charge in [-0.15, -0.1) is 0 Å². The van der Waals surface area contributed by atoms with Crippen molar-refractivity contribution in [1.82, 2.24) is 14.5 Å². The molecule has 0 aromatic carbocycles. The Bertz CT molecular complexity index is 1130. The molecule has 7 nitrogen and oxygen atoms in total. The summed E-state index contributed by atoms with van der Waals surface area (Å²) in [7, 11) is 0.711. The van der Waals surface area contributed by atoms with Crippen molar-refractivity contribution >= 4 is 36.7 Å². The maximum absolute atomic E-state index is 12.2. The lowest BCUT2D eigenvalue weighted by Gasteiger charge is -2.15. The number of nitrogens with zero attached hydrogens (tertiary/aromatic N) is 3. The average molecular weight is 452 g/mol. The number of carbonyl (C=O) groups excluding carboxylic acids is 1. The summed E-state index contributed by atoms with van der Waals surface area (Å²) < 4.78 is 8.07. The molecule has 0 saturated heterocycles. The molecule has 8 heteroatoms. The number of carbonyl (C=O) groups is 1. The van der Waals surface area contributed by atoms with Gasteiger partial charge in [-0.3, -0.25) is 4.79 Å². The van der Waals surface area contributed by atoms with Crippen LogP contribution in [0.4, 0.5) is 11.6 Å². The molecule has 1 amide bonds. The molecule has 1 aliphatic rings. The highest BCUT2D eigenvalue weighted by Gasteiger charge is 2.30. The van der Waals surface area contributed by atoms with E-state index >= 15 is 0 Å². The molecule has 1 saturated carbocycles. The molecule has 0 spiro atoms. The van der Waals surface area contributed by atoms with Crippen molar-refractivity contribution in [3.8, 4) is 11.1 Å². The molecule has 0 radical (unpaired) electrons. The quantitative estimate of drug-likeness (QED) is 0.349. The first-order valence-electron chi connectivity index (χ1n) is 11.3. The summed E-state index contributed by atoms with van der Waals surface area (Å²) in [6.07, 6.45) is 4.02. The second kappa shape index (κ2) is 9.03. The molecule has 1 fully saturated rings. The Morgan fingerprint density at radius 2 is 1.88 bits per heavy atom. The minimum atomic E-state index is -1.16. The zero-order valence-corrected chi connectivity index (χ0v) is 20.7. The molecule has 3 aromatic rings. The summed E-state index contributed by atoms with van der Waals surface area (Å²) in [6.45, 7) is 10.2. The van der Waals surface area contributed by atoms with E-state index in [-0.39, 0.29) is 11.8 Å². The van der Waals surface area contributed by atoms with Gasteiger partial charge in [0.2, 0.25) is 5.91 Å². The van der Waals surface area contributed by atoms with Crippen molar-refractivity contribution in [1.29, 1.82) is 0 Å². The zero-order chi connectivity index (χ0) is 22.9. The summed E-state index contributed by atoms with van der Waals surface area (Å²) in [5.74, 6) is 1.62. The fourth-order valence-electron chi connectivity index (χ4n) is 3.65. The third-order valence-electron chi connectivity index (χ3n) is 5.78. The van der Waals surface area contributed by atoms with Crippen LogP contribution in [0.5, 0.6) is 0 Å². The Balaban J connectivity index is 1.67. The Kier molecular flexibility index (Phi) is 6.35. The number of pyridine rings is 2. The molecule has 4 rings (SSSR count). The van der Waals surface area contributed by atoms with E-state index < -0.39 is 8.07 Å². The molecule has 170 valence electrons. The Morgan fingerprint density at radius 1 is 1.12 bits per heavy atom. The lowest BCUT2D eigenvalue weighted by atomic mass is 10.0. The Morgan fingerprint density at radius 3 is 2.53 bits per heavy atom. The highest BCUT2D eigenvalue weighted by molar-refractivity contribution is 6.76. The van der Waals surface area contributed by atoms with Crippen LogP contribution in [0.25, 0.3) is 22.2 Å². The number of fused-ring (bicyclic) bond motifs is 1. The number of nitrogens with one attached hydrogen (secondary N) is 2. The number of hydrogen-bond acceptors (Lipinski definition) is 5. The molecule has 0 unspecified atom stereocenters. The van der Waals surface area contributed by atoms with Gasteiger partial charge in [0.05, 0.1) is 0 Å². The van der Waals surface area contributed by atoms with Crippen molar-refractivity contribution in [3.05, 3.63) is 36.2 Å². The third kappa shape index (κ3) is 5.19. The number of aryl methyl sites for hydroxylation is 1. The van der Waals surface area contributed by atoms with Gasteiger partial charge >= 0.3 is 0 Å². The average Bonchev–Trinajstić information content (AvgIpc) is 3.53. The van der Waals surface area contributed by atoms with Gasteiger partial charge < -0.3 is 19.9 Å². The SMILES string of the molecule is CNc1ccc(-c2cn(COCC[Si](C)(C)C)c3nc(NC(=O)C4CC4)ccc23)c(C)n1. The van der Waals surface area contributed by atoms with E-state index in [1.807, 2.05) is 36.7 Å². The second-order valence-electron chi connectivity index (χ2n) is 9.77. The van der Waals surface area contributed by atoms with Crippen molar-refractivity contribution < 1.29 is 9.53 Å². The molecule has 3 heterocycles. The van der Waals surface area contributed by atoms with E-state index in [1.54, 1.807) is 0 Å². The first kappa shape index (κ1) is 22.5. The van der Waals surface area contributed by atoms with Crippen LogP contribution in [0, 0.1) is 12.8 Å². The second-order valence-corrected chi connectivity index (χ2v) is 15.4. The van der Waals surface area contributed by atoms with Crippen LogP contribution < -0.4 is 10.6 Å². The summed E-state index contributed by atoms with van der Waals surface area (Å²) in [4.78, 5) is 21.7. The third-order valence-corrected chi connectivity index (χ3v) is 7.48. The predicted octanol–water partition coefficient (Wildman–Crippen LogP) is 5.11. The van der Waals surface area contributed by atoms with Crippen molar-refractivity contribution in [3.63, 3.8) is 0 Å². The molecular weight excluding hydrogens is 418 g/mol. The molecule has 0 aliphatic heterocycles. The predicted molar refractivity (Wildman–Crippen MR) is 133 cm³/mol. The smallest absolute Gasteiger partial charge is 0.228 e. The molecule has 3 aromatic heterocycles. The van der Waals surface area contributed by atoms with E-state index in [0.717, 1.165) is 59.2 Å². The fourth-order valence-corrected chi connectivity index (χ4v) is 4.40. The standard InChI is InChI=1S/C24H33N5O2Si/c1-16-18(8-10-21(25-2)26-16)20-14-29(15-31-12-13-32(3,4)5)23-19(20)9-11-22(27-23)28-24(30)17-6-7-17/h8-11,14,17H,6-7,12-13,15H2,1-5H3,(H,25,26)(H,27,28,30). The molecular formula is C24H33N5O2Si. The lowest BCUT2D eigenvalue weighted by molar-refractivity contribution is -0.117. The Hall–Kier alpha value is -2.71. The molecule has 1 aliphatic carbocycles. The molecule has 32 heavy (non-hydrogen) atoms. The monoisotopic (exact) mass is 451 g/mol. The van der Waals surface area contributed by atoms with Crippen molar-refractivity contribution in [2.75, 3.05) is 24.3 Å². The molecule has 0 bridgehead atoms. The minimum Gasteiger partial charge on any atom is -0.373 e. The van der Waals surface area contributed by atoms with Gasteiger partial charge in [0.15, 0.2) is 0 Å². The number of rotatable bonds is 9. The number of aromatic nitrogens is 3. The van der Waals surface area contributed by atoms with Crippen LogP contribution in [0.2, 0.25) is 25.7 Å². The maximum Gasteiger partial charge on any atom is 0.228 e. The normalized spacial score (nSPS) is 14.0. The van der Waals surface area contributed by atoms with Crippen LogP contribution in [0.3, 0.4) is 0 Å². The van der Waals surface area contributed by atoms with E-state index in [1.165, 1.54) is 0 Å². The summed E-state index contributed by atoms with van der Waals surface area (Å²) >= 11 is 0. The number of anilines is 2. The summed E-state index contributed by atoms with van der Waals surface area (Å²) in [5.41, 5.74) is 3.88. The fraction of sp³-hybridized carbons (Fsp3) is 0.458. The number of hydrogen-bond donors (Lipinski definition) is 2. The van der Waals surface area contributed by atoms with E-state index in [0.29, 0.717) is 12.5 Å².